The van der Waals surface area contributed by atoms with Crippen molar-refractivity contribution in [2.75, 3.05) is 39.9 Å². The van der Waals surface area contributed by atoms with Crippen molar-refractivity contribution in [3.05, 3.63) is 52.8 Å². The Morgan fingerprint density at radius 1 is 1.12 bits per heavy atom. The summed E-state index contributed by atoms with van der Waals surface area (Å²) in [7, 11) is 1.71. The summed E-state index contributed by atoms with van der Waals surface area (Å²) >= 11 is 0. The largest absolute Gasteiger partial charge is 0.383 e. The van der Waals surface area contributed by atoms with Crippen LogP contribution in [0.5, 0.6) is 0 Å². The molecule has 0 saturated carbocycles. The molecular weight excluding hydrogens is 515 g/mol. The van der Waals surface area contributed by atoms with E-state index in [1.54, 1.807) is 7.11 Å². The second-order valence-corrected chi connectivity index (χ2v) is 7.59. The summed E-state index contributed by atoms with van der Waals surface area (Å²) in [6.07, 6.45) is 0. The van der Waals surface area contributed by atoms with E-state index < -0.39 is 0 Å². The van der Waals surface area contributed by atoms with E-state index in [9.17, 15) is 0 Å². The molecule has 0 radical (unpaired) electrons. The minimum absolute atomic E-state index is 0. The lowest BCUT2D eigenvalue weighted by molar-refractivity contribution is 0.182. The molecule has 0 amide bonds. The maximum absolute atomic E-state index is 5.20. The van der Waals surface area contributed by atoms with Gasteiger partial charge in [-0.3, -0.25) is 9.58 Å². The molecule has 8 heteroatoms. The molecule has 0 aliphatic rings. The van der Waals surface area contributed by atoms with Crippen LogP contribution in [0, 0.1) is 13.8 Å². The van der Waals surface area contributed by atoms with Crippen LogP contribution in [0.15, 0.2) is 35.3 Å². The van der Waals surface area contributed by atoms with E-state index in [-0.39, 0.29) is 24.0 Å². The fourth-order valence-corrected chi connectivity index (χ4v) is 3.85. The number of hydrogen-bond acceptors (Lipinski definition) is 4. The average Bonchev–Trinajstić information content (AvgIpc) is 3.06. The highest BCUT2D eigenvalue weighted by atomic mass is 127. The lowest BCUT2D eigenvalue weighted by Gasteiger charge is -2.30. The standard InChI is InChI=1S/C24H40N6O.HI/c1-7-25-24(26-17-22-19(4)28-30(20(22)5)15-16-31-6)27-18-23(29(8-2)9-3)21-13-11-10-12-14-21;/h10-14,23H,7-9,15-18H2,1-6H3,(H2,25,26,27);1H. The van der Waals surface area contributed by atoms with Crippen molar-refractivity contribution in [1.29, 1.82) is 0 Å². The third-order valence-electron chi connectivity index (χ3n) is 5.68. The van der Waals surface area contributed by atoms with Crippen LogP contribution in [0.2, 0.25) is 0 Å². The third-order valence-corrected chi connectivity index (χ3v) is 5.68. The number of halogens is 1. The van der Waals surface area contributed by atoms with Gasteiger partial charge in [-0.1, -0.05) is 44.2 Å². The first-order valence-corrected chi connectivity index (χ1v) is 11.4. The molecule has 1 aromatic carbocycles. The van der Waals surface area contributed by atoms with E-state index in [0.717, 1.165) is 50.1 Å². The van der Waals surface area contributed by atoms with E-state index in [0.29, 0.717) is 19.2 Å². The molecule has 2 N–H and O–H groups in total. The lowest BCUT2D eigenvalue weighted by atomic mass is 10.1. The summed E-state index contributed by atoms with van der Waals surface area (Å²) < 4.78 is 7.21. The number of hydrogen-bond donors (Lipinski definition) is 2. The summed E-state index contributed by atoms with van der Waals surface area (Å²) in [5.41, 5.74) is 4.68. The summed E-state index contributed by atoms with van der Waals surface area (Å²) in [6, 6.07) is 11.0. The monoisotopic (exact) mass is 556 g/mol. The number of rotatable bonds is 12. The Balaban J connectivity index is 0.00000512. The number of likely N-dealkylation sites (N-methyl/N-ethyl adjacent to an activating group) is 1. The predicted molar refractivity (Wildman–Crippen MR) is 144 cm³/mol. The van der Waals surface area contributed by atoms with Crippen molar-refractivity contribution < 1.29 is 4.74 Å². The quantitative estimate of drug-likeness (QED) is 0.236. The normalized spacial score (nSPS) is 12.5. The lowest BCUT2D eigenvalue weighted by Crippen LogP contribution is -2.43. The van der Waals surface area contributed by atoms with Gasteiger partial charge in [-0.15, -0.1) is 24.0 Å². The van der Waals surface area contributed by atoms with Crippen molar-refractivity contribution in [2.45, 2.75) is 53.8 Å². The first kappa shape index (κ1) is 28.4. The van der Waals surface area contributed by atoms with E-state index in [2.05, 4.69) is 78.7 Å². The van der Waals surface area contributed by atoms with Crippen molar-refractivity contribution >= 4 is 29.9 Å². The van der Waals surface area contributed by atoms with Gasteiger partial charge in [0.1, 0.15) is 0 Å². The molecule has 1 atom stereocenters. The summed E-state index contributed by atoms with van der Waals surface area (Å²) in [5.74, 6) is 0.832. The van der Waals surface area contributed by atoms with Crippen LogP contribution in [0.1, 0.15) is 49.3 Å². The molecule has 1 unspecified atom stereocenters. The van der Waals surface area contributed by atoms with Gasteiger partial charge in [0.05, 0.1) is 31.4 Å². The Kier molecular flexibility index (Phi) is 13.5. The zero-order valence-electron chi connectivity index (χ0n) is 20.5. The molecule has 1 heterocycles. The Labute approximate surface area is 211 Å². The van der Waals surface area contributed by atoms with Crippen LogP contribution in [0.25, 0.3) is 0 Å². The summed E-state index contributed by atoms with van der Waals surface area (Å²) in [4.78, 5) is 7.34. The minimum atomic E-state index is 0. The van der Waals surface area contributed by atoms with Gasteiger partial charge >= 0.3 is 0 Å². The van der Waals surface area contributed by atoms with E-state index in [4.69, 9.17) is 9.73 Å². The maximum atomic E-state index is 5.20. The number of benzene rings is 1. The number of nitrogens with zero attached hydrogens (tertiary/aromatic N) is 4. The average molecular weight is 557 g/mol. The van der Waals surface area contributed by atoms with Crippen molar-refractivity contribution in [2.24, 2.45) is 4.99 Å². The van der Waals surface area contributed by atoms with Gasteiger partial charge in [0.25, 0.3) is 0 Å². The van der Waals surface area contributed by atoms with Gasteiger partial charge < -0.3 is 15.4 Å². The van der Waals surface area contributed by atoms with Gasteiger partial charge in [-0.25, -0.2) is 4.99 Å². The Morgan fingerprint density at radius 3 is 2.41 bits per heavy atom. The van der Waals surface area contributed by atoms with Crippen molar-refractivity contribution in [1.82, 2.24) is 25.3 Å². The van der Waals surface area contributed by atoms with Crippen LogP contribution < -0.4 is 10.6 Å². The molecule has 0 aliphatic carbocycles. The number of aliphatic imine (C=N–C) groups is 1. The van der Waals surface area contributed by atoms with Gasteiger partial charge in [0.2, 0.25) is 0 Å². The third kappa shape index (κ3) is 8.04. The first-order chi connectivity index (χ1) is 15.0. The highest BCUT2D eigenvalue weighted by molar-refractivity contribution is 14.0. The Hall–Kier alpha value is -1.65. The van der Waals surface area contributed by atoms with Crippen LogP contribution in [-0.4, -0.2) is 60.5 Å². The zero-order chi connectivity index (χ0) is 22.6. The topological polar surface area (TPSA) is 66.7 Å². The molecule has 0 spiro atoms. The van der Waals surface area contributed by atoms with E-state index >= 15 is 0 Å². The van der Waals surface area contributed by atoms with Gasteiger partial charge in [0, 0.05) is 31.5 Å². The fourth-order valence-electron chi connectivity index (χ4n) is 3.85. The number of guanidine groups is 1. The molecule has 2 aromatic rings. The predicted octanol–water partition coefficient (Wildman–Crippen LogP) is 3.90. The molecule has 32 heavy (non-hydrogen) atoms. The molecule has 1 aromatic heterocycles. The van der Waals surface area contributed by atoms with Crippen molar-refractivity contribution in [3.8, 4) is 0 Å². The number of aryl methyl sites for hydroxylation is 1. The number of ether oxygens (including phenoxy) is 1. The number of aromatic nitrogens is 2. The van der Waals surface area contributed by atoms with Gasteiger partial charge in [0.15, 0.2) is 5.96 Å². The molecule has 180 valence electrons. The smallest absolute Gasteiger partial charge is 0.191 e. The first-order valence-electron chi connectivity index (χ1n) is 11.4. The molecule has 0 saturated heterocycles. The molecule has 2 rings (SSSR count). The summed E-state index contributed by atoms with van der Waals surface area (Å²) in [5, 5.41) is 11.6. The van der Waals surface area contributed by atoms with E-state index in [1.165, 1.54) is 11.1 Å². The Morgan fingerprint density at radius 2 is 1.81 bits per heavy atom. The second kappa shape index (κ2) is 15.2. The van der Waals surface area contributed by atoms with E-state index in [1.807, 2.05) is 11.6 Å². The van der Waals surface area contributed by atoms with Crippen LogP contribution in [0.4, 0.5) is 0 Å². The van der Waals surface area contributed by atoms with Crippen LogP contribution in [0.3, 0.4) is 0 Å². The maximum Gasteiger partial charge on any atom is 0.191 e. The van der Waals surface area contributed by atoms with Crippen LogP contribution >= 0.6 is 24.0 Å². The minimum Gasteiger partial charge on any atom is -0.383 e. The van der Waals surface area contributed by atoms with Crippen LogP contribution in [-0.2, 0) is 17.8 Å². The molecule has 0 bridgehead atoms. The highest BCUT2D eigenvalue weighted by Crippen LogP contribution is 2.19. The molecule has 0 aliphatic heterocycles. The van der Waals surface area contributed by atoms with Crippen molar-refractivity contribution in [3.63, 3.8) is 0 Å². The van der Waals surface area contributed by atoms with Gasteiger partial charge in [-0.05, 0) is 39.4 Å². The molecular formula is C24H41IN6O. The molecule has 7 nitrogen and oxygen atoms in total. The zero-order valence-corrected chi connectivity index (χ0v) is 22.8. The fraction of sp³-hybridized carbons (Fsp3) is 0.583. The van der Waals surface area contributed by atoms with Gasteiger partial charge in [-0.2, -0.15) is 5.10 Å². The summed E-state index contributed by atoms with van der Waals surface area (Å²) in [6.45, 7) is 16.3. The molecule has 0 fully saturated rings. The number of methoxy groups -OCH3 is 1. The highest BCUT2D eigenvalue weighted by Gasteiger charge is 2.18. The Bertz CT molecular complexity index is 804. The second-order valence-electron chi connectivity index (χ2n) is 7.59. The SMILES string of the molecule is CCNC(=NCc1c(C)nn(CCOC)c1C)NCC(c1ccccc1)N(CC)CC.I. The number of nitrogens with one attached hydrogen (secondary N) is 2.